The molecule has 1 aromatic rings. The smallest absolute Gasteiger partial charge is 0.303 e. The molecule has 0 radical (unpaired) electrons. The summed E-state index contributed by atoms with van der Waals surface area (Å²) in [5.41, 5.74) is 1.85. The summed E-state index contributed by atoms with van der Waals surface area (Å²) in [6.45, 7) is 2.66. The molecule has 2 aliphatic rings. The molecular formula is C17H22FNO2. The number of carboxylic acid groups (broad SMARTS) is 1. The highest BCUT2D eigenvalue weighted by molar-refractivity contribution is 5.67. The van der Waals surface area contributed by atoms with E-state index in [1.807, 2.05) is 12.1 Å². The van der Waals surface area contributed by atoms with E-state index in [4.69, 9.17) is 5.11 Å². The van der Waals surface area contributed by atoms with Crippen LogP contribution in [0.3, 0.4) is 0 Å². The molecule has 2 bridgehead atoms. The second kappa shape index (κ2) is 5.76. The Morgan fingerprint density at radius 2 is 2.00 bits per heavy atom. The van der Waals surface area contributed by atoms with Crippen LogP contribution in [0.15, 0.2) is 18.2 Å². The van der Waals surface area contributed by atoms with Gasteiger partial charge in [-0.3, -0.25) is 9.69 Å². The van der Waals surface area contributed by atoms with E-state index in [-0.39, 0.29) is 5.82 Å². The topological polar surface area (TPSA) is 40.5 Å². The number of nitrogens with zero attached hydrogens (tertiary/aromatic N) is 1. The summed E-state index contributed by atoms with van der Waals surface area (Å²) in [6, 6.07) is 6.34. The van der Waals surface area contributed by atoms with Gasteiger partial charge in [-0.25, -0.2) is 4.39 Å². The third kappa shape index (κ3) is 3.10. The molecule has 0 aliphatic carbocycles. The molecule has 2 saturated heterocycles. The normalized spacial score (nSPS) is 28.8. The molecule has 114 valence electrons. The molecule has 2 atom stereocenters. The van der Waals surface area contributed by atoms with E-state index < -0.39 is 5.97 Å². The van der Waals surface area contributed by atoms with Crippen LogP contribution in [-0.4, -0.2) is 28.1 Å². The van der Waals surface area contributed by atoms with E-state index in [2.05, 4.69) is 4.90 Å². The minimum absolute atomic E-state index is 0.151. The zero-order valence-electron chi connectivity index (χ0n) is 12.4. The summed E-state index contributed by atoms with van der Waals surface area (Å²) in [6.07, 6.45) is 4.62. The van der Waals surface area contributed by atoms with Crippen LogP contribution in [0.1, 0.15) is 43.2 Å². The zero-order valence-corrected chi connectivity index (χ0v) is 12.4. The van der Waals surface area contributed by atoms with Gasteiger partial charge in [0.2, 0.25) is 0 Å². The largest absolute Gasteiger partial charge is 0.481 e. The summed E-state index contributed by atoms with van der Waals surface area (Å²) in [5.74, 6) is -0.505. The summed E-state index contributed by atoms with van der Waals surface area (Å²) in [7, 11) is 0. The molecule has 2 heterocycles. The van der Waals surface area contributed by atoms with Gasteiger partial charge in [0.25, 0.3) is 0 Å². The fourth-order valence-electron chi connectivity index (χ4n) is 4.07. The summed E-state index contributed by atoms with van der Waals surface area (Å²) in [4.78, 5) is 13.4. The lowest BCUT2D eigenvalue weighted by molar-refractivity contribution is -0.138. The Bertz CT molecular complexity index is 532. The SMILES string of the molecule is Cc1cc(CN2C3CCC2CC(CC(=O)O)C3)ccc1F. The van der Waals surface area contributed by atoms with Gasteiger partial charge in [-0.1, -0.05) is 12.1 Å². The molecule has 2 aliphatic heterocycles. The maximum atomic E-state index is 13.3. The average Bonchev–Trinajstić information content (AvgIpc) is 2.65. The monoisotopic (exact) mass is 291 g/mol. The number of fused-ring (bicyclic) bond motifs is 2. The Balaban J connectivity index is 1.67. The number of hydrogen-bond acceptors (Lipinski definition) is 2. The van der Waals surface area contributed by atoms with Crippen LogP contribution in [0.25, 0.3) is 0 Å². The zero-order chi connectivity index (χ0) is 15.0. The molecule has 2 unspecified atom stereocenters. The number of aryl methyl sites for hydroxylation is 1. The number of halogens is 1. The van der Waals surface area contributed by atoms with Crippen molar-refractivity contribution in [2.45, 2.75) is 57.7 Å². The van der Waals surface area contributed by atoms with Crippen molar-refractivity contribution >= 4 is 5.97 Å². The van der Waals surface area contributed by atoms with Gasteiger partial charge in [0, 0.05) is 25.0 Å². The Labute approximate surface area is 124 Å². The third-order valence-electron chi connectivity index (χ3n) is 5.03. The summed E-state index contributed by atoms with van der Waals surface area (Å²) >= 11 is 0. The first-order chi connectivity index (χ1) is 10.0. The molecule has 21 heavy (non-hydrogen) atoms. The Kier molecular flexibility index (Phi) is 3.98. The minimum atomic E-state index is -0.679. The summed E-state index contributed by atoms with van der Waals surface area (Å²) in [5, 5.41) is 8.97. The summed E-state index contributed by atoms with van der Waals surface area (Å²) < 4.78 is 13.3. The Morgan fingerprint density at radius 1 is 1.33 bits per heavy atom. The van der Waals surface area contributed by atoms with Crippen molar-refractivity contribution in [3.63, 3.8) is 0 Å². The molecular weight excluding hydrogens is 269 g/mol. The predicted molar refractivity (Wildman–Crippen MR) is 78.5 cm³/mol. The standard InChI is InChI=1S/C17H22FNO2/c1-11-6-12(2-5-16(11)18)10-19-14-3-4-15(19)8-13(7-14)9-17(20)21/h2,5-6,13-15H,3-4,7-10H2,1H3,(H,20,21). The molecule has 0 amide bonds. The number of rotatable bonds is 4. The minimum Gasteiger partial charge on any atom is -0.481 e. The maximum absolute atomic E-state index is 13.3. The first-order valence-electron chi connectivity index (χ1n) is 7.75. The molecule has 1 N–H and O–H groups in total. The fourth-order valence-corrected chi connectivity index (χ4v) is 4.07. The van der Waals surface area contributed by atoms with Crippen LogP contribution in [-0.2, 0) is 11.3 Å². The van der Waals surface area contributed by atoms with Crippen molar-refractivity contribution in [2.75, 3.05) is 0 Å². The highest BCUT2D eigenvalue weighted by atomic mass is 19.1. The second-order valence-electron chi connectivity index (χ2n) is 6.58. The molecule has 0 aromatic heterocycles. The molecule has 3 nitrogen and oxygen atoms in total. The molecule has 3 rings (SSSR count). The second-order valence-corrected chi connectivity index (χ2v) is 6.58. The highest BCUT2D eigenvalue weighted by Gasteiger charge is 2.40. The van der Waals surface area contributed by atoms with Gasteiger partial charge in [-0.15, -0.1) is 0 Å². The van der Waals surface area contributed by atoms with Crippen molar-refractivity contribution in [2.24, 2.45) is 5.92 Å². The highest BCUT2D eigenvalue weighted by Crippen LogP contribution is 2.40. The van der Waals surface area contributed by atoms with Gasteiger partial charge >= 0.3 is 5.97 Å². The van der Waals surface area contributed by atoms with Gasteiger partial charge in [0.05, 0.1) is 0 Å². The van der Waals surface area contributed by atoms with Crippen LogP contribution < -0.4 is 0 Å². The predicted octanol–water partition coefficient (Wildman–Crippen LogP) is 3.35. The van der Waals surface area contributed by atoms with E-state index in [0.29, 0.717) is 30.0 Å². The average molecular weight is 291 g/mol. The van der Waals surface area contributed by atoms with E-state index in [1.165, 1.54) is 12.8 Å². The quantitative estimate of drug-likeness (QED) is 0.925. The Morgan fingerprint density at radius 3 is 2.57 bits per heavy atom. The lowest BCUT2D eigenvalue weighted by Gasteiger charge is -2.38. The maximum Gasteiger partial charge on any atom is 0.303 e. The number of carboxylic acids is 1. The van der Waals surface area contributed by atoms with Gasteiger partial charge in [-0.05, 0) is 55.7 Å². The lowest BCUT2D eigenvalue weighted by atomic mass is 9.88. The molecule has 4 heteroatoms. The van der Waals surface area contributed by atoms with Crippen molar-refractivity contribution in [1.29, 1.82) is 0 Å². The van der Waals surface area contributed by atoms with E-state index in [9.17, 15) is 9.18 Å². The van der Waals surface area contributed by atoms with Gasteiger partial charge in [-0.2, -0.15) is 0 Å². The van der Waals surface area contributed by atoms with Gasteiger partial charge in [0.15, 0.2) is 0 Å². The van der Waals surface area contributed by atoms with Crippen molar-refractivity contribution in [3.05, 3.63) is 35.1 Å². The molecule has 0 saturated carbocycles. The van der Waals surface area contributed by atoms with Crippen LogP contribution in [0, 0.1) is 18.7 Å². The van der Waals surface area contributed by atoms with E-state index >= 15 is 0 Å². The first-order valence-corrected chi connectivity index (χ1v) is 7.75. The Hall–Kier alpha value is -1.42. The van der Waals surface area contributed by atoms with Gasteiger partial charge in [0.1, 0.15) is 5.82 Å². The number of carbonyl (C=O) groups is 1. The molecule has 2 fully saturated rings. The first kappa shape index (κ1) is 14.5. The lowest BCUT2D eigenvalue weighted by Crippen LogP contribution is -2.42. The van der Waals surface area contributed by atoms with Crippen molar-refractivity contribution < 1.29 is 14.3 Å². The number of aliphatic carboxylic acids is 1. The van der Waals surface area contributed by atoms with E-state index in [1.54, 1.807) is 13.0 Å². The fraction of sp³-hybridized carbons (Fsp3) is 0.588. The number of piperidine rings is 1. The molecule has 0 spiro atoms. The van der Waals surface area contributed by atoms with Crippen LogP contribution in [0.5, 0.6) is 0 Å². The van der Waals surface area contributed by atoms with Crippen molar-refractivity contribution in [1.82, 2.24) is 4.90 Å². The van der Waals surface area contributed by atoms with E-state index in [0.717, 1.165) is 24.9 Å². The van der Waals surface area contributed by atoms with Gasteiger partial charge < -0.3 is 5.11 Å². The number of hydrogen-bond donors (Lipinski definition) is 1. The van der Waals surface area contributed by atoms with Crippen LogP contribution in [0.2, 0.25) is 0 Å². The molecule has 1 aromatic carbocycles. The van der Waals surface area contributed by atoms with Crippen molar-refractivity contribution in [3.8, 4) is 0 Å². The van der Waals surface area contributed by atoms with Crippen LogP contribution >= 0.6 is 0 Å². The number of benzene rings is 1. The van der Waals surface area contributed by atoms with Crippen LogP contribution in [0.4, 0.5) is 4.39 Å². The third-order valence-corrected chi connectivity index (χ3v) is 5.03.